The quantitative estimate of drug-likeness (QED) is 0.608. The molecule has 13 heavy (non-hydrogen) atoms. The van der Waals surface area contributed by atoms with Gasteiger partial charge in [-0.05, 0) is 30.7 Å². The summed E-state index contributed by atoms with van der Waals surface area (Å²) in [4.78, 5) is 4.14. The smallest absolute Gasteiger partial charge is 0.0960 e. The van der Waals surface area contributed by atoms with Crippen molar-refractivity contribution in [1.82, 2.24) is 4.98 Å². The van der Waals surface area contributed by atoms with E-state index in [-0.39, 0.29) is 6.61 Å². The third-order valence-electron chi connectivity index (χ3n) is 1.50. The van der Waals surface area contributed by atoms with Gasteiger partial charge in [0, 0.05) is 12.8 Å². The number of aliphatic hydroxyl groups is 1. The SMILES string of the molecule is OCCCCSc1ccc(Cl)cn1. The molecule has 0 aliphatic carbocycles. The van der Waals surface area contributed by atoms with Gasteiger partial charge in [-0.25, -0.2) is 4.98 Å². The number of hydrogen-bond acceptors (Lipinski definition) is 3. The number of aliphatic hydroxyl groups excluding tert-OH is 1. The highest BCUT2D eigenvalue weighted by Gasteiger charge is 1.95. The molecule has 0 fully saturated rings. The highest BCUT2D eigenvalue weighted by atomic mass is 35.5. The van der Waals surface area contributed by atoms with Gasteiger partial charge in [0.1, 0.15) is 0 Å². The molecule has 0 saturated heterocycles. The molecule has 0 bridgehead atoms. The van der Waals surface area contributed by atoms with Crippen molar-refractivity contribution in [3.05, 3.63) is 23.4 Å². The number of nitrogens with zero attached hydrogens (tertiary/aromatic N) is 1. The van der Waals surface area contributed by atoms with E-state index in [0.29, 0.717) is 5.02 Å². The van der Waals surface area contributed by atoms with Crippen LogP contribution in [0.1, 0.15) is 12.8 Å². The molecule has 0 aliphatic rings. The van der Waals surface area contributed by atoms with E-state index in [1.54, 1.807) is 18.0 Å². The number of unbranched alkanes of at least 4 members (excludes halogenated alkanes) is 1. The number of halogens is 1. The summed E-state index contributed by atoms with van der Waals surface area (Å²) < 4.78 is 0. The van der Waals surface area contributed by atoms with Gasteiger partial charge in [0.2, 0.25) is 0 Å². The lowest BCUT2D eigenvalue weighted by molar-refractivity contribution is 0.287. The van der Waals surface area contributed by atoms with Crippen LogP contribution in [0.4, 0.5) is 0 Å². The average Bonchev–Trinajstić information content (AvgIpc) is 2.15. The van der Waals surface area contributed by atoms with E-state index >= 15 is 0 Å². The Hall–Kier alpha value is -0.250. The summed E-state index contributed by atoms with van der Waals surface area (Å²) in [6.07, 6.45) is 3.53. The first kappa shape index (κ1) is 10.8. The minimum atomic E-state index is 0.272. The van der Waals surface area contributed by atoms with Gasteiger partial charge in [0.25, 0.3) is 0 Å². The zero-order chi connectivity index (χ0) is 9.52. The van der Waals surface area contributed by atoms with Crippen LogP contribution in [0.2, 0.25) is 5.02 Å². The molecule has 0 aliphatic heterocycles. The van der Waals surface area contributed by atoms with E-state index in [1.807, 2.05) is 12.1 Å². The summed E-state index contributed by atoms with van der Waals surface area (Å²) in [6, 6.07) is 3.74. The maximum atomic E-state index is 8.56. The number of aromatic nitrogens is 1. The van der Waals surface area contributed by atoms with Crippen LogP contribution in [0, 0.1) is 0 Å². The largest absolute Gasteiger partial charge is 0.396 e. The molecule has 0 aromatic carbocycles. The Morgan fingerprint density at radius 2 is 2.23 bits per heavy atom. The Labute approximate surface area is 87.3 Å². The van der Waals surface area contributed by atoms with Crippen LogP contribution in [0.3, 0.4) is 0 Å². The first-order chi connectivity index (χ1) is 6.33. The topological polar surface area (TPSA) is 33.1 Å². The van der Waals surface area contributed by atoms with Crippen molar-refractivity contribution in [3.8, 4) is 0 Å². The molecule has 0 atom stereocenters. The van der Waals surface area contributed by atoms with Crippen molar-refractivity contribution in [1.29, 1.82) is 0 Å². The first-order valence-corrected chi connectivity index (χ1v) is 5.54. The molecule has 1 N–H and O–H groups in total. The predicted molar refractivity (Wildman–Crippen MR) is 56.3 cm³/mol. The van der Waals surface area contributed by atoms with Gasteiger partial charge in [-0.1, -0.05) is 11.6 Å². The third-order valence-corrected chi connectivity index (χ3v) is 2.76. The minimum absolute atomic E-state index is 0.272. The van der Waals surface area contributed by atoms with Crippen molar-refractivity contribution >= 4 is 23.4 Å². The molecule has 0 saturated carbocycles. The summed E-state index contributed by atoms with van der Waals surface area (Å²) in [5.74, 6) is 0.995. The highest BCUT2D eigenvalue weighted by molar-refractivity contribution is 7.99. The minimum Gasteiger partial charge on any atom is -0.396 e. The molecule has 4 heteroatoms. The zero-order valence-electron chi connectivity index (χ0n) is 7.24. The van der Waals surface area contributed by atoms with Crippen molar-refractivity contribution < 1.29 is 5.11 Å². The lowest BCUT2D eigenvalue weighted by atomic mass is 10.4. The summed E-state index contributed by atoms with van der Waals surface area (Å²) >= 11 is 7.38. The van der Waals surface area contributed by atoms with E-state index in [4.69, 9.17) is 16.7 Å². The van der Waals surface area contributed by atoms with Gasteiger partial charge >= 0.3 is 0 Å². The molecular weight excluding hydrogens is 206 g/mol. The van der Waals surface area contributed by atoms with Crippen molar-refractivity contribution in [2.45, 2.75) is 17.9 Å². The fraction of sp³-hybridized carbons (Fsp3) is 0.444. The number of pyridine rings is 1. The maximum absolute atomic E-state index is 8.56. The fourth-order valence-electron chi connectivity index (χ4n) is 0.838. The first-order valence-electron chi connectivity index (χ1n) is 4.18. The van der Waals surface area contributed by atoms with E-state index < -0.39 is 0 Å². The van der Waals surface area contributed by atoms with Crippen LogP contribution in [0.15, 0.2) is 23.4 Å². The van der Waals surface area contributed by atoms with E-state index in [1.165, 1.54) is 0 Å². The second-order valence-corrected chi connectivity index (χ2v) is 4.15. The van der Waals surface area contributed by atoms with Gasteiger partial charge in [0.05, 0.1) is 10.0 Å². The molecule has 1 aromatic heterocycles. The third kappa shape index (κ3) is 4.50. The molecule has 0 spiro atoms. The Morgan fingerprint density at radius 3 is 2.85 bits per heavy atom. The van der Waals surface area contributed by atoms with Gasteiger partial charge in [-0.2, -0.15) is 0 Å². The van der Waals surface area contributed by atoms with Crippen LogP contribution in [-0.4, -0.2) is 22.5 Å². The second-order valence-electron chi connectivity index (χ2n) is 2.59. The fourth-order valence-corrected chi connectivity index (χ4v) is 1.80. The Morgan fingerprint density at radius 1 is 1.38 bits per heavy atom. The van der Waals surface area contributed by atoms with E-state index in [0.717, 1.165) is 23.6 Å². The van der Waals surface area contributed by atoms with Crippen LogP contribution in [-0.2, 0) is 0 Å². The summed E-state index contributed by atoms with van der Waals surface area (Å²) in [5.41, 5.74) is 0. The lowest BCUT2D eigenvalue weighted by Crippen LogP contribution is -1.86. The van der Waals surface area contributed by atoms with E-state index in [9.17, 15) is 0 Å². The maximum Gasteiger partial charge on any atom is 0.0960 e. The van der Waals surface area contributed by atoms with Crippen molar-refractivity contribution in [2.75, 3.05) is 12.4 Å². The van der Waals surface area contributed by atoms with Gasteiger partial charge in [-0.3, -0.25) is 0 Å². The zero-order valence-corrected chi connectivity index (χ0v) is 8.81. The van der Waals surface area contributed by atoms with Crippen molar-refractivity contribution in [2.24, 2.45) is 0 Å². The van der Waals surface area contributed by atoms with Crippen LogP contribution >= 0.6 is 23.4 Å². The standard InChI is InChI=1S/C9H12ClNOS/c10-8-3-4-9(11-7-8)13-6-2-1-5-12/h3-4,7,12H,1-2,5-6H2. The van der Waals surface area contributed by atoms with Gasteiger partial charge in [-0.15, -0.1) is 11.8 Å². The van der Waals surface area contributed by atoms with Gasteiger partial charge < -0.3 is 5.11 Å². The molecule has 0 amide bonds. The number of thioether (sulfide) groups is 1. The molecular formula is C9H12ClNOS. The monoisotopic (exact) mass is 217 g/mol. The van der Waals surface area contributed by atoms with Crippen LogP contribution in [0.25, 0.3) is 0 Å². The second kappa shape index (κ2) is 6.24. The summed E-state index contributed by atoms with van der Waals surface area (Å²) in [6.45, 7) is 0.272. The molecule has 1 aromatic rings. The number of rotatable bonds is 5. The van der Waals surface area contributed by atoms with Crippen LogP contribution < -0.4 is 0 Å². The molecule has 0 radical (unpaired) electrons. The molecule has 0 unspecified atom stereocenters. The molecule has 1 rings (SSSR count). The van der Waals surface area contributed by atoms with Crippen molar-refractivity contribution in [3.63, 3.8) is 0 Å². The van der Waals surface area contributed by atoms with Crippen LogP contribution in [0.5, 0.6) is 0 Å². The molecule has 72 valence electrons. The molecule has 2 nitrogen and oxygen atoms in total. The summed E-state index contributed by atoms with van der Waals surface area (Å²) in [5, 5.41) is 10.2. The molecule has 1 heterocycles. The Bertz CT molecular complexity index is 240. The normalized spacial score (nSPS) is 10.3. The van der Waals surface area contributed by atoms with E-state index in [2.05, 4.69) is 4.98 Å². The summed E-state index contributed by atoms with van der Waals surface area (Å²) in [7, 11) is 0. The Balaban J connectivity index is 2.25. The predicted octanol–water partition coefficient (Wildman–Crippen LogP) is 2.60. The Kier molecular flexibility index (Phi) is 5.20. The lowest BCUT2D eigenvalue weighted by Gasteiger charge is -1.99. The average molecular weight is 218 g/mol. The highest BCUT2D eigenvalue weighted by Crippen LogP contribution is 2.18. The number of hydrogen-bond donors (Lipinski definition) is 1. The van der Waals surface area contributed by atoms with Gasteiger partial charge in [0.15, 0.2) is 0 Å².